The van der Waals surface area contributed by atoms with Crippen LogP contribution in [0.25, 0.3) is 0 Å². The Morgan fingerprint density at radius 2 is 1.15 bits per heavy atom. The third-order valence-electron chi connectivity index (χ3n) is 8.12. The summed E-state index contributed by atoms with van der Waals surface area (Å²) in [5.41, 5.74) is 0. The Labute approximate surface area is 163 Å². The van der Waals surface area contributed by atoms with Crippen LogP contribution >= 0.6 is 0 Å². The molecule has 3 rings (SSSR count). The fraction of sp³-hybridized carbons (Fsp3) is 0.920. The van der Waals surface area contributed by atoms with E-state index in [2.05, 4.69) is 26.0 Å². The predicted molar refractivity (Wildman–Crippen MR) is 112 cm³/mol. The Bertz CT molecular complexity index is 390. The maximum atomic E-state index is 5.99. The van der Waals surface area contributed by atoms with E-state index in [1.54, 1.807) is 25.7 Å². The molecule has 3 aliphatic rings. The van der Waals surface area contributed by atoms with Crippen LogP contribution < -0.4 is 0 Å². The molecule has 150 valence electrons. The normalized spacial score (nSPS) is 39.3. The Kier molecular flexibility index (Phi) is 8.56. The van der Waals surface area contributed by atoms with Crippen molar-refractivity contribution in [2.24, 2.45) is 29.6 Å². The van der Waals surface area contributed by atoms with Gasteiger partial charge in [-0.15, -0.1) is 0 Å². The molecule has 0 aromatic heterocycles. The minimum atomic E-state index is 0.539. The van der Waals surface area contributed by atoms with Crippen LogP contribution in [0.2, 0.25) is 0 Å². The largest absolute Gasteiger partial charge is 0.374 e. The molecule has 0 heterocycles. The standard InChI is InChI=1S/C25H44O/c1-3-5-19-26-25-17-15-24(16-18-25)23-13-11-22(12-14-23)21-9-7-20(6-4-2)8-10-21/h3,5,20-25H,4,6-19H2,1-2H3/b5-3+/t20-,21-,22?,23?,24-,25-. The van der Waals surface area contributed by atoms with E-state index in [0.29, 0.717) is 6.10 Å². The molecule has 0 atom stereocenters. The van der Waals surface area contributed by atoms with Gasteiger partial charge in [0, 0.05) is 0 Å². The van der Waals surface area contributed by atoms with E-state index >= 15 is 0 Å². The zero-order valence-corrected chi connectivity index (χ0v) is 17.6. The quantitative estimate of drug-likeness (QED) is 0.426. The van der Waals surface area contributed by atoms with E-state index in [1.807, 2.05) is 0 Å². The molecule has 0 unspecified atom stereocenters. The summed E-state index contributed by atoms with van der Waals surface area (Å²) in [6.07, 6.45) is 25.5. The van der Waals surface area contributed by atoms with Gasteiger partial charge in [-0.05, 0) is 101 Å². The summed E-state index contributed by atoms with van der Waals surface area (Å²) in [7, 11) is 0. The predicted octanol–water partition coefficient (Wildman–Crippen LogP) is 7.55. The number of hydrogen-bond donors (Lipinski definition) is 0. The van der Waals surface area contributed by atoms with Crippen LogP contribution in [-0.4, -0.2) is 12.7 Å². The Hall–Kier alpha value is -0.300. The van der Waals surface area contributed by atoms with E-state index < -0.39 is 0 Å². The molecule has 3 aliphatic carbocycles. The number of rotatable bonds is 7. The minimum Gasteiger partial charge on any atom is -0.374 e. The van der Waals surface area contributed by atoms with Crippen LogP contribution in [0.1, 0.15) is 104 Å². The minimum absolute atomic E-state index is 0.539. The monoisotopic (exact) mass is 360 g/mol. The number of hydrogen-bond acceptors (Lipinski definition) is 1. The molecule has 1 heteroatoms. The lowest BCUT2D eigenvalue weighted by Crippen LogP contribution is -2.31. The van der Waals surface area contributed by atoms with Gasteiger partial charge in [-0.2, -0.15) is 0 Å². The summed E-state index contributed by atoms with van der Waals surface area (Å²) < 4.78 is 5.99. The summed E-state index contributed by atoms with van der Waals surface area (Å²) in [5, 5.41) is 0. The molecule has 0 amide bonds. The first-order chi connectivity index (χ1) is 12.8. The van der Waals surface area contributed by atoms with Crippen molar-refractivity contribution in [1.82, 2.24) is 0 Å². The molecule has 0 aliphatic heterocycles. The zero-order chi connectivity index (χ0) is 18.2. The van der Waals surface area contributed by atoms with Gasteiger partial charge < -0.3 is 4.74 Å². The Morgan fingerprint density at radius 3 is 1.62 bits per heavy atom. The molecule has 3 fully saturated rings. The van der Waals surface area contributed by atoms with Crippen LogP contribution in [0.4, 0.5) is 0 Å². The van der Waals surface area contributed by atoms with E-state index in [0.717, 1.165) is 36.2 Å². The van der Waals surface area contributed by atoms with Gasteiger partial charge in [0.05, 0.1) is 12.7 Å². The van der Waals surface area contributed by atoms with Crippen LogP contribution in [0, 0.1) is 29.6 Å². The average molecular weight is 361 g/mol. The van der Waals surface area contributed by atoms with Gasteiger partial charge >= 0.3 is 0 Å². The SMILES string of the molecule is C/C=C/CO[C@H]1CC[C@H](C2CCC([C@H]3CC[C@H](CCC)CC3)CC2)CC1. The molecule has 0 aromatic carbocycles. The fourth-order valence-electron chi connectivity index (χ4n) is 6.46. The van der Waals surface area contributed by atoms with Gasteiger partial charge in [-0.25, -0.2) is 0 Å². The van der Waals surface area contributed by atoms with Gasteiger partial charge in [0.25, 0.3) is 0 Å². The molecular formula is C25H44O. The lowest BCUT2D eigenvalue weighted by molar-refractivity contribution is 0.0187. The molecule has 0 spiro atoms. The highest BCUT2D eigenvalue weighted by atomic mass is 16.5. The molecule has 26 heavy (non-hydrogen) atoms. The van der Waals surface area contributed by atoms with Crippen molar-refractivity contribution in [3.63, 3.8) is 0 Å². The topological polar surface area (TPSA) is 9.23 Å². The first-order valence-electron chi connectivity index (χ1n) is 12.0. The van der Waals surface area contributed by atoms with Crippen molar-refractivity contribution in [2.75, 3.05) is 6.61 Å². The molecule has 0 radical (unpaired) electrons. The summed E-state index contributed by atoms with van der Waals surface area (Å²) in [6.45, 7) is 5.25. The van der Waals surface area contributed by atoms with E-state index in [9.17, 15) is 0 Å². The molecule has 0 N–H and O–H groups in total. The molecular weight excluding hydrogens is 316 g/mol. The van der Waals surface area contributed by atoms with Crippen LogP contribution in [-0.2, 0) is 4.74 Å². The fourth-order valence-corrected chi connectivity index (χ4v) is 6.46. The lowest BCUT2D eigenvalue weighted by Gasteiger charge is -2.41. The van der Waals surface area contributed by atoms with Crippen molar-refractivity contribution >= 4 is 0 Å². The second-order valence-electron chi connectivity index (χ2n) is 9.68. The van der Waals surface area contributed by atoms with Crippen molar-refractivity contribution < 1.29 is 4.74 Å². The second-order valence-corrected chi connectivity index (χ2v) is 9.68. The lowest BCUT2D eigenvalue weighted by atomic mass is 9.65. The van der Waals surface area contributed by atoms with E-state index in [-0.39, 0.29) is 0 Å². The highest BCUT2D eigenvalue weighted by molar-refractivity contribution is 4.86. The van der Waals surface area contributed by atoms with E-state index in [1.165, 1.54) is 64.2 Å². The van der Waals surface area contributed by atoms with Crippen molar-refractivity contribution in [1.29, 1.82) is 0 Å². The van der Waals surface area contributed by atoms with Gasteiger partial charge in [0.2, 0.25) is 0 Å². The first-order valence-corrected chi connectivity index (χ1v) is 12.0. The van der Waals surface area contributed by atoms with Gasteiger partial charge in [0.15, 0.2) is 0 Å². The summed E-state index contributed by atoms with van der Waals surface area (Å²) in [6, 6.07) is 0. The average Bonchev–Trinajstić information content (AvgIpc) is 2.70. The van der Waals surface area contributed by atoms with Crippen molar-refractivity contribution in [3.8, 4) is 0 Å². The first kappa shape index (κ1) is 20.4. The highest BCUT2D eigenvalue weighted by Crippen LogP contribution is 2.45. The number of ether oxygens (including phenoxy) is 1. The highest BCUT2D eigenvalue weighted by Gasteiger charge is 2.34. The Morgan fingerprint density at radius 1 is 0.692 bits per heavy atom. The van der Waals surface area contributed by atoms with E-state index in [4.69, 9.17) is 4.74 Å². The summed E-state index contributed by atoms with van der Waals surface area (Å²) >= 11 is 0. The third kappa shape index (κ3) is 5.85. The van der Waals surface area contributed by atoms with Crippen LogP contribution in [0.5, 0.6) is 0 Å². The van der Waals surface area contributed by atoms with Crippen LogP contribution in [0.15, 0.2) is 12.2 Å². The number of allylic oxidation sites excluding steroid dienone is 1. The zero-order valence-electron chi connectivity index (χ0n) is 17.6. The van der Waals surface area contributed by atoms with Crippen LogP contribution in [0.3, 0.4) is 0 Å². The van der Waals surface area contributed by atoms with Crippen molar-refractivity contribution in [2.45, 2.75) is 110 Å². The third-order valence-corrected chi connectivity index (χ3v) is 8.12. The second kappa shape index (κ2) is 10.9. The smallest absolute Gasteiger partial charge is 0.0651 e. The maximum Gasteiger partial charge on any atom is 0.0651 e. The molecule has 3 saturated carbocycles. The summed E-state index contributed by atoms with van der Waals surface area (Å²) in [4.78, 5) is 0. The van der Waals surface area contributed by atoms with Gasteiger partial charge in [-0.1, -0.05) is 44.8 Å². The molecule has 1 nitrogen and oxygen atoms in total. The molecule has 0 bridgehead atoms. The maximum absolute atomic E-state index is 5.99. The summed E-state index contributed by atoms with van der Waals surface area (Å²) in [5.74, 6) is 5.28. The molecule has 0 saturated heterocycles. The van der Waals surface area contributed by atoms with Gasteiger partial charge in [0.1, 0.15) is 0 Å². The van der Waals surface area contributed by atoms with Crippen molar-refractivity contribution in [3.05, 3.63) is 12.2 Å². The Balaban J connectivity index is 1.33. The van der Waals surface area contributed by atoms with Gasteiger partial charge in [-0.3, -0.25) is 0 Å². The molecule has 0 aromatic rings.